The van der Waals surface area contributed by atoms with E-state index in [0.29, 0.717) is 28.4 Å². The van der Waals surface area contributed by atoms with Gasteiger partial charge in [-0.2, -0.15) is 0 Å². The smallest absolute Gasteiger partial charge is 0.293 e. The number of carbonyl (C=O) groups is 1. The molecule has 8 nitrogen and oxygen atoms in total. The minimum atomic E-state index is -0.451. The molecule has 0 radical (unpaired) electrons. The monoisotopic (exact) mass is 430 g/mol. The Kier molecular flexibility index (Phi) is 6.29. The largest absolute Gasteiger partial charge is 0.377 e. The van der Waals surface area contributed by atoms with Gasteiger partial charge in [0.05, 0.1) is 21.6 Å². The average Bonchev–Trinajstić information content (AvgIpc) is 3.42. The van der Waals surface area contributed by atoms with Crippen molar-refractivity contribution in [2.45, 2.75) is 45.1 Å². The molecule has 2 fully saturated rings. The molecule has 9 heteroatoms. The zero-order valence-electron chi connectivity index (χ0n) is 17.1. The first-order valence-electron chi connectivity index (χ1n) is 10.4. The summed E-state index contributed by atoms with van der Waals surface area (Å²) in [4.78, 5) is 31.6. The predicted molar refractivity (Wildman–Crippen MR) is 117 cm³/mol. The van der Waals surface area contributed by atoms with Crippen molar-refractivity contribution >= 4 is 33.6 Å². The number of nitrogens with zero attached hydrogens (tertiary/aromatic N) is 3. The Bertz CT molecular complexity index is 933. The highest BCUT2D eigenvalue weighted by Crippen LogP contribution is 2.32. The molecular weight excluding hydrogens is 404 g/mol. The molecule has 1 aromatic carbocycles. The highest BCUT2D eigenvalue weighted by atomic mass is 32.1. The third-order valence-electron chi connectivity index (χ3n) is 5.62. The van der Waals surface area contributed by atoms with Crippen LogP contribution in [0.1, 0.15) is 53.0 Å². The van der Waals surface area contributed by atoms with Crippen LogP contribution in [0.3, 0.4) is 0 Å². The fourth-order valence-corrected chi connectivity index (χ4v) is 5.03. The standard InChI is InChI=1S/C21H26N4O4S/c1-14-20(30-21(23-14)24-9-3-2-4-10-24)19(26)15-7-8-17(18(12-15)25(27)28)22-13-16-6-5-11-29-16/h7-8,12,16,22H,2-6,9-11,13H2,1H3. The van der Waals surface area contributed by atoms with Crippen LogP contribution in [0.25, 0.3) is 0 Å². The molecule has 1 atom stereocenters. The van der Waals surface area contributed by atoms with E-state index in [0.717, 1.165) is 50.5 Å². The van der Waals surface area contributed by atoms with E-state index in [4.69, 9.17) is 4.74 Å². The van der Waals surface area contributed by atoms with Crippen molar-refractivity contribution in [2.75, 3.05) is 36.5 Å². The number of ketones is 1. The number of benzene rings is 1. The summed E-state index contributed by atoms with van der Waals surface area (Å²) in [6.45, 7) is 4.98. The third kappa shape index (κ3) is 4.46. The quantitative estimate of drug-likeness (QED) is 0.400. The van der Waals surface area contributed by atoms with Crippen LogP contribution in [0.4, 0.5) is 16.5 Å². The van der Waals surface area contributed by atoms with Crippen molar-refractivity contribution in [3.05, 3.63) is 44.4 Å². The second kappa shape index (κ2) is 9.09. The molecule has 2 aromatic rings. The summed E-state index contributed by atoms with van der Waals surface area (Å²) in [7, 11) is 0. The number of aromatic nitrogens is 1. The molecule has 0 saturated carbocycles. The molecule has 30 heavy (non-hydrogen) atoms. The van der Waals surface area contributed by atoms with Gasteiger partial charge in [-0.1, -0.05) is 11.3 Å². The highest BCUT2D eigenvalue weighted by Gasteiger charge is 2.24. The van der Waals surface area contributed by atoms with Crippen LogP contribution in [0.5, 0.6) is 0 Å². The first-order chi connectivity index (χ1) is 14.5. The summed E-state index contributed by atoms with van der Waals surface area (Å²) in [6, 6.07) is 4.62. The second-order valence-corrected chi connectivity index (χ2v) is 8.77. The average molecular weight is 431 g/mol. The van der Waals surface area contributed by atoms with Gasteiger partial charge < -0.3 is 15.0 Å². The molecule has 1 aromatic heterocycles. The van der Waals surface area contributed by atoms with E-state index < -0.39 is 4.92 Å². The van der Waals surface area contributed by atoms with Gasteiger partial charge in [-0.25, -0.2) is 4.98 Å². The van der Waals surface area contributed by atoms with Crippen LogP contribution < -0.4 is 10.2 Å². The molecular formula is C21H26N4O4S. The molecule has 0 spiro atoms. The number of anilines is 2. The number of hydrogen-bond donors (Lipinski definition) is 1. The lowest BCUT2D eigenvalue weighted by molar-refractivity contribution is -0.384. The van der Waals surface area contributed by atoms with E-state index in [-0.39, 0.29) is 17.6 Å². The maximum atomic E-state index is 13.1. The van der Waals surface area contributed by atoms with Gasteiger partial charge in [0.25, 0.3) is 5.69 Å². The van der Waals surface area contributed by atoms with Crippen molar-refractivity contribution in [1.82, 2.24) is 4.98 Å². The minimum absolute atomic E-state index is 0.0685. The molecule has 1 unspecified atom stereocenters. The first kappa shape index (κ1) is 20.7. The van der Waals surface area contributed by atoms with Gasteiger partial charge in [0.1, 0.15) is 5.69 Å². The second-order valence-electron chi connectivity index (χ2n) is 7.79. The number of thiazole rings is 1. The SMILES string of the molecule is Cc1nc(N2CCCCC2)sc1C(=O)c1ccc(NCC2CCCO2)c([N+](=O)[O-])c1. The Morgan fingerprint density at radius 1 is 1.33 bits per heavy atom. The number of nitrogens with one attached hydrogen (secondary N) is 1. The summed E-state index contributed by atoms with van der Waals surface area (Å²) in [6.07, 6.45) is 5.52. The molecule has 0 bridgehead atoms. The number of rotatable bonds is 7. The highest BCUT2D eigenvalue weighted by molar-refractivity contribution is 7.17. The van der Waals surface area contributed by atoms with E-state index in [9.17, 15) is 14.9 Å². The van der Waals surface area contributed by atoms with Crippen molar-refractivity contribution < 1.29 is 14.5 Å². The van der Waals surface area contributed by atoms with Crippen LogP contribution in [0.15, 0.2) is 18.2 Å². The van der Waals surface area contributed by atoms with Gasteiger partial charge in [0.15, 0.2) is 5.13 Å². The van der Waals surface area contributed by atoms with Gasteiger partial charge in [0, 0.05) is 37.9 Å². The number of nitro groups is 1. The molecule has 0 amide bonds. The molecule has 3 heterocycles. The lowest BCUT2D eigenvalue weighted by Gasteiger charge is -2.25. The van der Waals surface area contributed by atoms with Gasteiger partial charge in [-0.15, -0.1) is 0 Å². The van der Waals surface area contributed by atoms with Crippen LogP contribution in [0, 0.1) is 17.0 Å². The zero-order chi connectivity index (χ0) is 21.1. The fraction of sp³-hybridized carbons (Fsp3) is 0.524. The first-order valence-corrected chi connectivity index (χ1v) is 11.3. The molecule has 2 aliphatic rings. The van der Waals surface area contributed by atoms with Crippen molar-refractivity contribution in [3.8, 4) is 0 Å². The van der Waals surface area contributed by atoms with Crippen LogP contribution in [-0.4, -0.2) is 48.0 Å². The number of hydrogen-bond acceptors (Lipinski definition) is 8. The summed E-state index contributed by atoms with van der Waals surface area (Å²) < 4.78 is 5.56. The summed E-state index contributed by atoms with van der Waals surface area (Å²) in [5.74, 6) is -0.220. The van der Waals surface area contributed by atoms with Gasteiger partial charge in [-0.05, 0) is 51.2 Å². The predicted octanol–water partition coefficient (Wildman–Crippen LogP) is 4.17. The van der Waals surface area contributed by atoms with Gasteiger partial charge in [-0.3, -0.25) is 14.9 Å². The topological polar surface area (TPSA) is 97.6 Å². The maximum absolute atomic E-state index is 13.1. The van der Waals surface area contributed by atoms with E-state index in [1.165, 1.54) is 23.8 Å². The molecule has 2 aliphatic heterocycles. The third-order valence-corrected chi connectivity index (χ3v) is 6.84. The Labute approximate surface area is 179 Å². The van der Waals surface area contributed by atoms with E-state index in [1.54, 1.807) is 12.1 Å². The van der Waals surface area contributed by atoms with E-state index in [1.807, 2.05) is 6.92 Å². The van der Waals surface area contributed by atoms with Crippen LogP contribution in [0.2, 0.25) is 0 Å². The summed E-state index contributed by atoms with van der Waals surface area (Å²) >= 11 is 1.38. The maximum Gasteiger partial charge on any atom is 0.293 e. The molecule has 0 aliphatic carbocycles. The molecule has 160 valence electrons. The van der Waals surface area contributed by atoms with E-state index >= 15 is 0 Å². The van der Waals surface area contributed by atoms with Gasteiger partial charge in [0.2, 0.25) is 5.78 Å². The Balaban J connectivity index is 1.54. The Morgan fingerprint density at radius 3 is 2.83 bits per heavy atom. The summed E-state index contributed by atoms with van der Waals surface area (Å²) in [5.41, 5.74) is 1.29. The Hall–Kier alpha value is -2.52. The van der Waals surface area contributed by atoms with Crippen LogP contribution in [-0.2, 0) is 4.74 Å². The Morgan fingerprint density at radius 2 is 2.13 bits per heavy atom. The normalized spacial score (nSPS) is 19.1. The number of aryl methyl sites for hydroxylation is 1. The van der Waals surface area contributed by atoms with Crippen molar-refractivity contribution in [3.63, 3.8) is 0 Å². The lowest BCUT2D eigenvalue weighted by Crippen LogP contribution is -2.29. The van der Waals surface area contributed by atoms with Crippen LogP contribution >= 0.6 is 11.3 Å². The van der Waals surface area contributed by atoms with Crippen molar-refractivity contribution in [2.24, 2.45) is 0 Å². The number of carbonyl (C=O) groups excluding carboxylic acids is 1. The molecule has 2 saturated heterocycles. The summed E-state index contributed by atoms with van der Waals surface area (Å²) in [5, 5.41) is 15.6. The number of nitro benzene ring substituents is 1. The number of piperidine rings is 1. The van der Waals surface area contributed by atoms with Crippen molar-refractivity contribution in [1.29, 1.82) is 0 Å². The minimum Gasteiger partial charge on any atom is -0.377 e. The zero-order valence-corrected chi connectivity index (χ0v) is 17.9. The fourth-order valence-electron chi connectivity index (χ4n) is 3.95. The lowest BCUT2D eigenvalue weighted by atomic mass is 10.1. The molecule has 4 rings (SSSR count). The number of ether oxygens (including phenoxy) is 1. The van der Waals surface area contributed by atoms with E-state index in [2.05, 4.69) is 15.2 Å². The molecule has 1 N–H and O–H groups in total. The van der Waals surface area contributed by atoms with Gasteiger partial charge >= 0.3 is 0 Å².